The smallest absolute Gasteiger partial charge is 0.267 e. The second-order valence-electron chi connectivity index (χ2n) is 3.98. The maximum Gasteiger partial charge on any atom is 0.267 e. The van der Waals surface area contributed by atoms with Crippen LogP contribution in [-0.2, 0) is 36.7 Å². The molecule has 1 aromatic rings. The summed E-state index contributed by atoms with van der Waals surface area (Å²) in [7, 11) is 0.523. The van der Waals surface area contributed by atoms with Gasteiger partial charge in [0.25, 0.3) is 7.82 Å². The number of phosphoric ester groups is 1. The molecule has 1 unspecified atom stereocenters. The summed E-state index contributed by atoms with van der Waals surface area (Å²) >= 11 is 0. The lowest BCUT2D eigenvalue weighted by molar-refractivity contribution is -0.671. The van der Waals surface area contributed by atoms with Crippen LogP contribution in [0.1, 0.15) is 6.92 Å². The predicted octanol–water partition coefficient (Wildman–Crippen LogP) is 0.113. The van der Waals surface area contributed by atoms with Crippen LogP contribution in [0.4, 0.5) is 0 Å². The molecule has 1 heterocycles. The molecule has 0 saturated heterocycles. The largest absolute Gasteiger partial charge is 0.756 e. The van der Waals surface area contributed by atoms with E-state index in [0.29, 0.717) is 13.2 Å². The quantitative estimate of drug-likeness (QED) is 0.364. The highest BCUT2D eigenvalue weighted by Crippen LogP contribution is 2.36. The second-order valence-corrected chi connectivity index (χ2v) is 5.50. The Kier molecular flexibility index (Phi) is 11.4. The average Bonchev–Trinajstić information content (AvgIpc) is 2.89. The van der Waals surface area contributed by atoms with Crippen LogP contribution >= 0.6 is 7.82 Å². The van der Waals surface area contributed by atoms with Crippen molar-refractivity contribution in [3.8, 4) is 0 Å². The number of hydrogen-bond donors (Lipinski definition) is 0. The van der Waals surface area contributed by atoms with Crippen molar-refractivity contribution >= 4 is 7.82 Å². The lowest BCUT2D eigenvalue weighted by Crippen LogP contribution is -2.23. The molecule has 0 bridgehead atoms. The molecular weight excluding hydrogens is 299 g/mol. The third kappa shape index (κ3) is 11.6. The number of rotatable bonds is 9. The summed E-state index contributed by atoms with van der Waals surface area (Å²) in [5, 5.41) is 0. The van der Waals surface area contributed by atoms with Crippen LogP contribution in [0.5, 0.6) is 0 Å². The van der Waals surface area contributed by atoms with Crippen LogP contribution in [0.25, 0.3) is 0 Å². The van der Waals surface area contributed by atoms with E-state index in [1.165, 1.54) is 0 Å². The molecule has 0 spiro atoms. The standard InChI is InChI=1S/C6H11N2.C6H15O6P/c1-3-8-5-4-7(2)6-8;1-9-3-4-11-5-6-12-13(7,8)10-2/h4-6H,3H2,1-2H3;3-6H2,1-2H3,(H,7,8)/q+1;/p-1. The fourth-order valence-corrected chi connectivity index (χ4v) is 1.60. The zero-order valence-electron chi connectivity index (χ0n) is 13.1. The van der Waals surface area contributed by atoms with Crippen molar-refractivity contribution in [2.24, 2.45) is 7.05 Å². The van der Waals surface area contributed by atoms with Gasteiger partial charge in [0, 0.05) is 14.2 Å². The van der Waals surface area contributed by atoms with E-state index in [4.69, 9.17) is 9.47 Å². The molecule has 8 nitrogen and oxygen atoms in total. The highest BCUT2D eigenvalue weighted by atomic mass is 31.2. The third-order valence-electron chi connectivity index (χ3n) is 2.32. The van der Waals surface area contributed by atoms with Crippen molar-refractivity contribution in [1.29, 1.82) is 0 Å². The summed E-state index contributed by atoms with van der Waals surface area (Å²) in [5.41, 5.74) is 0. The predicted molar refractivity (Wildman–Crippen MR) is 74.5 cm³/mol. The molecule has 0 N–H and O–H groups in total. The summed E-state index contributed by atoms with van der Waals surface area (Å²) in [6, 6.07) is 0. The van der Waals surface area contributed by atoms with E-state index < -0.39 is 7.82 Å². The van der Waals surface area contributed by atoms with Gasteiger partial charge in [-0.3, -0.25) is 4.57 Å². The fourth-order valence-electron chi connectivity index (χ4n) is 1.19. The Labute approximate surface area is 125 Å². The van der Waals surface area contributed by atoms with E-state index in [-0.39, 0.29) is 13.2 Å². The molecule has 1 aromatic heterocycles. The van der Waals surface area contributed by atoms with Crippen molar-refractivity contribution in [2.75, 3.05) is 40.6 Å². The van der Waals surface area contributed by atoms with Crippen molar-refractivity contribution in [2.45, 2.75) is 13.5 Å². The van der Waals surface area contributed by atoms with Gasteiger partial charge in [0.05, 0.1) is 40.0 Å². The molecule has 0 fully saturated rings. The first-order valence-electron chi connectivity index (χ1n) is 6.54. The van der Waals surface area contributed by atoms with E-state index in [1.54, 1.807) is 7.11 Å². The number of phosphoric acid groups is 1. The minimum atomic E-state index is -4.09. The molecule has 0 amide bonds. The van der Waals surface area contributed by atoms with Gasteiger partial charge < -0.3 is 23.4 Å². The van der Waals surface area contributed by atoms with Gasteiger partial charge in [-0.05, 0) is 6.92 Å². The first-order chi connectivity index (χ1) is 9.95. The first kappa shape index (κ1) is 20.2. The number of nitrogens with zero attached hydrogens (tertiary/aromatic N) is 2. The lowest BCUT2D eigenvalue weighted by Gasteiger charge is -2.19. The molecule has 21 heavy (non-hydrogen) atoms. The van der Waals surface area contributed by atoms with Crippen molar-refractivity contribution in [1.82, 2.24) is 4.57 Å². The minimum Gasteiger partial charge on any atom is -0.756 e. The topological polar surface area (TPSA) is 85.9 Å². The van der Waals surface area contributed by atoms with E-state index in [1.807, 2.05) is 17.8 Å². The molecule has 1 atom stereocenters. The Hall–Kier alpha value is -0.760. The van der Waals surface area contributed by atoms with Crippen LogP contribution in [0, 0.1) is 0 Å². The fraction of sp³-hybridized carbons (Fsp3) is 0.750. The summed E-state index contributed by atoms with van der Waals surface area (Å²) in [6.07, 6.45) is 6.14. The second kappa shape index (κ2) is 11.9. The summed E-state index contributed by atoms with van der Waals surface area (Å²) in [5.74, 6) is 0. The normalized spacial score (nSPS) is 13.4. The average molecular weight is 324 g/mol. The van der Waals surface area contributed by atoms with Crippen LogP contribution in [0.2, 0.25) is 0 Å². The molecule has 0 aliphatic carbocycles. The van der Waals surface area contributed by atoms with Crippen molar-refractivity contribution < 1.29 is 32.5 Å². The number of ether oxygens (including phenoxy) is 2. The van der Waals surface area contributed by atoms with Gasteiger partial charge in [-0.2, -0.15) is 0 Å². The van der Waals surface area contributed by atoms with Crippen LogP contribution in [0.15, 0.2) is 18.7 Å². The van der Waals surface area contributed by atoms with E-state index in [0.717, 1.165) is 13.7 Å². The van der Waals surface area contributed by atoms with Gasteiger partial charge in [-0.25, -0.2) is 9.13 Å². The van der Waals surface area contributed by atoms with E-state index in [2.05, 4.69) is 33.1 Å². The zero-order valence-corrected chi connectivity index (χ0v) is 14.0. The van der Waals surface area contributed by atoms with E-state index in [9.17, 15) is 9.46 Å². The minimum absolute atomic E-state index is 0.0433. The Morgan fingerprint density at radius 2 is 1.90 bits per heavy atom. The maximum atomic E-state index is 10.6. The van der Waals surface area contributed by atoms with Gasteiger partial charge in [-0.15, -0.1) is 0 Å². The summed E-state index contributed by atoms with van der Waals surface area (Å²) < 4.78 is 32.8. The Balaban J connectivity index is 0.000000423. The van der Waals surface area contributed by atoms with Crippen molar-refractivity contribution in [3.05, 3.63) is 18.7 Å². The number of aryl methyl sites for hydroxylation is 2. The molecule has 0 aliphatic heterocycles. The molecule has 9 heteroatoms. The van der Waals surface area contributed by atoms with Gasteiger partial charge in [0.1, 0.15) is 12.4 Å². The lowest BCUT2D eigenvalue weighted by atomic mass is 10.7. The molecule has 124 valence electrons. The molecule has 0 aromatic carbocycles. The highest BCUT2D eigenvalue weighted by molar-refractivity contribution is 7.45. The van der Waals surface area contributed by atoms with Crippen LogP contribution in [-0.4, -0.2) is 45.2 Å². The number of imidazole rings is 1. The molecular formula is C12H25N2O6P. The molecule has 0 aliphatic rings. The van der Waals surface area contributed by atoms with Crippen LogP contribution in [0.3, 0.4) is 0 Å². The zero-order chi connectivity index (χ0) is 16.1. The number of methoxy groups -OCH3 is 1. The number of hydrogen-bond acceptors (Lipinski definition) is 6. The highest BCUT2D eigenvalue weighted by Gasteiger charge is 2.04. The Morgan fingerprint density at radius 3 is 2.33 bits per heavy atom. The Bertz CT molecular complexity index is 412. The van der Waals surface area contributed by atoms with Gasteiger partial charge >= 0.3 is 0 Å². The third-order valence-corrected chi connectivity index (χ3v) is 3.27. The van der Waals surface area contributed by atoms with E-state index >= 15 is 0 Å². The van der Waals surface area contributed by atoms with Gasteiger partial charge in [0.15, 0.2) is 0 Å². The summed E-state index contributed by atoms with van der Waals surface area (Å²) in [4.78, 5) is 10.6. The molecule has 0 radical (unpaired) electrons. The first-order valence-corrected chi connectivity index (χ1v) is 8.00. The van der Waals surface area contributed by atoms with Crippen molar-refractivity contribution in [3.63, 3.8) is 0 Å². The SMILES string of the molecule is CCn1cc[n+](C)c1.COCCOCCOP(=O)([O-])OC. The van der Waals surface area contributed by atoms with Gasteiger partial charge in [0.2, 0.25) is 6.33 Å². The van der Waals surface area contributed by atoms with Crippen LogP contribution < -0.4 is 9.46 Å². The maximum absolute atomic E-state index is 10.6. The summed E-state index contributed by atoms with van der Waals surface area (Å²) in [6.45, 7) is 4.22. The van der Waals surface area contributed by atoms with Gasteiger partial charge in [-0.1, -0.05) is 0 Å². The monoisotopic (exact) mass is 324 g/mol. The molecule has 0 saturated carbocycles. The Morgan fingerprint density at radius 1 is 1.24 bits per heavy atom. The molecule has 1 rings (SSSR count). The number of aromatic nitrogens is 2.